The number of rotatable bonds is 4. The molecule has 1 saturated heterocycles. The number of carbonyl (C=O) groups excluding carboxylic acids is 1. The van der Waals surface area contributed by atoms with E-state index in [2.05, 4.69) is 39.0 Å². The van der Waals surface area contributed by atoms with Crippen molar-refractivity contribution < 1.29 is 4.79 Å². The minimum atomic E-state index is 0.150. The first-order chi connectivity index (χ1) is 12.6. The number of ketones is 1. The Bertz CT molecular complexity index is 944. The molecule has 0 bridgehead atoms. The molecule has 0 radical (unpaired) electrons. The van der Waals surface area contributed by atoms with Crippen molar-refractivity contribution >= 4 is 28.0 Å². The number of nitrogens with zero attached hydrogens (tertiary/aromatic N) is 4. The van der Waals surface area contributed by atoms with E-state index in [9.17, 15) is 4.79 Å². The lowest BCUT2D eigenvalue weighted by Gasteiger charge is -2.27. The molecule has 4 rings (SSSR count). The van der Waals surface area contributed by atoms with Crippen LogP contribution in [0.4, 0.5) is 0 Å². The van der Waals surface area contributed by atoms with E-state index in [1.807, 2.05) is 25.4 Å². The molecule has 3 heterocycles. The highest BCUT2D eigenvalue weighted by Gasteiger charge is 2.24. The van der Waals surface area contributed by atoms with Gasteiger partial charge in [-0.15, -0.1) is 11.3 Å². The first kappa shape index (κ1) is 17.2. The van der Waals surface area contributed by atoms with Gasteiger partial charge < -0.3 is 4.90 Å². The minimum Gasteiger partial charge on any atom is -0.306 e. The third-order valence-electron chi connectivity index (χ3n) is 5.04. The van der Waals surface area contributed by atoms with E-state index >= 15 is 0 Å². The second-order valence-electron chi connectivity index (χ2n) is 7.02. The van der Waals surface area contributed by atoms with Gasteiger partial charge in [0.25, 0.3) is 0 Å². The van der Waals surface area contributed by atoms with Crippen LogP contribution in [0.5, 0.6) is 0 Å². The van der Waals surface area contributed by atoms with Crippen molar-refractivity contribution in [3.8, 4) is 10.4 Å². The number of thiazole rings is 1. The zero-order valence-electron chi connectivity index (χ0n) is 15.1. The lowest BCUT2D eigenvalue weighted by Crippen LogP contribution is -2.34. The lowest BCUT2D eigenvalue weighted by molar-refractivity contribution is -0.123. The molecule has 26 heavy (non-hydrogen) atoms. The first-order valence-electron chi connectivity index (χ1n) is 8.98. The smallest absolute Gasteiger partial charge is 0.143 e. The minimum absolute atomic E-state index is 0.150. The maximum absolute atomic E-state index is 12.6. The van der Waals surface area contributed by atoms with E-state index in [4.69, 9.17) is 0 Å². The molecule has 0 saturated carbocycles. The summed E-state index contributed by atoms with van der Waals surface area (Å²) >= 11 is 1.67. The zero-order chi connectivity index (χ0) is 18.1. The topological polar surface area (TPSA) is 59.0 Å². The van der Waals surface area contributed by atoms with Crippen LogP contribution in [0.2, 0.25) is 0 Å². The Morgan fingerprint density at radius 3 is 2.77 bits per heavy atom. The van der Waals surface area contributed by atoms with Crippen LogP contribution < -0.4 is 0 Å². The van der Waals surface area contributed by atoms with E-state index in [1.165, 1.54) is 0 Å². The molecule has 0 unspecified atom stereocenters. The predicted octanol–water partition coefficient (Wildman–Crippen LogP) is 3.52. The summed E-state index contributed by atoms with van der Waals surface area (Å²) in [5.74, 6) is 1.04. The summed E-state index contributed by atoms with van der Waals surface area (Å²) in [5, 5.41) is 2.04. The molecular formula is C20H22N4OS. The average Bonchev–Trinajstić information content (AvgIpc) is 3.08. The van der Waals surface area contributed by atoms with E-state index < -0.39 is 0 Å². The van der Waals surface area contributed by atoms with E-state index in [1.54, 1.807) is 11.3 Å². The Hall–Kier alpha value is -2.18. The monoisotopic (exact) mass is 366 g/mol. The van der Waals surface area contributed by atoms with E-state index in [0.29, 0.717) is 12.2 Å². The summed E-state index contributed by atoms with van der Waals surface area (Å²) in [6.45, 7) is 3.99. The molecule has 1 aliphatic rings. The highest BCUT2D eigenvalue weighted by Crippen LogP contribution is 2.28. The van der Waals surface area contributed by atoms with Gasteiger partial charge in [-0.25, -0.2) is 15.0 Å². The molecule has 6 heteroatoms. The fourth-order valence-electron chi connectivity index (χ4n) is 3.43. The molecule has 0 amide bonds. The van der Waals surface area contributed by atoms with Crippen molar-refractivity contribution in [1.29, 1.82) is 0 Å². The number of Topliss-reactive ketones (excluding diaryl/α,β-unsaturated/α-hetero) is 1. The molecule has 5 nitrogen and oxygen atoms in total. The Kier molecular flexibility index (Phi) is 4.78. The maximum Gasteiger partial charge on any atom is 0.143 e. The molecule has 0 N–H and O–H groups in total. The van der Waals surface area contributed by atoms with E-state index in [-0.39, 0.29) is 11.7 Å². The standard InChI is InChI=1S/C20H22N4OS/c1-13-21-12-19(26-13)15-3-4-16-11-22-20(23-17(16)9-15)10-18(25)14-5-7-24(2)8-6-14/h3-4,9,11-12,14H,5-8,10H2,1-2H3. The average molecular weight is 366 g/mol. The van der Waals surface area contributed by atoms with Crippen molar-refractivity contribution in [2.24, 2.45) is 5.92 Å². The van der Waals surface area contributed by atoms with Gasteiger partial charge in [0.2, 0.25) is 0 Å². The second kappa shape index (κ2) is 7.21. The lowest BCUT2D eigenvalue weighted by atomic mass is 9.91. The third-order valence-corrected chi connectivity index (χ3v) is 6.01. The van der Waals surface area contributed by atoms with Gasteiger partial charge in [-0.05, 0) is 51.5 Å². The molecule has 1 fully saturated rings. The molecule has 1 aromatic carbocycles. The second-order valence-corrected chi connectivity index (χ2v) is 8.26. The normalized spacial score (nSPS) is 16.2. The van der Waals surface area contributed by atoms with Crippen LogP contribution in [-0.4, -0.2) is 45.8 Å². The number of hydrogen-bond acceptors (Lipinski definition) is 6. The Labute approximate surface area is 157 Å². The molecular weight excluding hydrogens is 344 g/mol. The number of piperidine rings is 1. The van der Waals surface area contributed by atoms with Gasteiger partial charge in [-0.2, -0.15) is 0 Å². The molecule has 0 aliphatic carbocycles. The van der Waals surface area contributed by atoms with Crippen LogP contribution in [0.1, 0.15) is 23.7 Å². The zero-order valence-corrected chi connectivity index (χ0v) is 15.9. The number of aryl methyl sites for hydroxylation is 1. The van der Waals surface area contributed by atoms with Crippen LogP contribution in [-0.2, 0) is 11.2 Å². The van der Waals surface area contributed by atoms with Gasteiger partial charge in [-0.3, -0.25) is 4.79 Å². The van der Waals surface area contributed by atoms with Crippen LogP contribution in [0.3, 0.4) is 0 Å². The number of fused-ring (bicyclic) bond motifs is 1. The van der Waals surface area contributed by atoms with Gasteiger partial charge in [-0.1, -0.05) is 12.1 Å². The van der Waals surface area contributed by atoms with Crippen molar-refractivity contribution in [1.82, 2.24) is 19.9 Å². The quantitative estimate of drug-likeness (QED) is 0.707. The van der Waals surface area contributed by atoms with Gasteiger partial charge in [0.05, 0.1) is 21.8 Å². The molecule has 2 aromatic heterocycles. The summed E-state index contributed by atoms with van der Waals surface area (Å²) < 4.78 is 0. The fourth-order valence-corrected chi connectivity index (χ4v) is 4.20. The van der Waals surface area contributed by atoms with Gasteiger partial charge in [0.15, 0.2) is 0 Å². The summed E-state index contributed by atoms with van der Waals surface area (Å²) in [6, 6.07) is 6.16. The van der Waals surface area contributed by atoms with Crippen LogP contribution >= 0.6 is 11.3 Å². The number of hydrogen-bond donors (Lipinski definition) is 0. The summed E-state index contributed by atoms with van der Waals surface area (Å²) in [7, 11) is 2.11. The molecule has 0 spiro atoms. The molecule has 3 aromatic rings. The first-order valence-corrected chi connectivity index (χ1v) is 9.80. The molecule has 134 valence electrons. The van der Waals surface area contributed by atoms with Crippen molar-refractivity contribution in [3.63, 3.8) is 0 Å². The highest BCUT2D eigenvalue weighted by molar-refractivity contribution is 7.15. The van der Waals surface area contributed by atoms with Crippen LogP contribution in [0.25, 0.3) is 21.3 Å². The summed E-state index contributed by atoms with van der Waals surface area (Å²) in [6.07, 6.45) is 5.93. The summed E-state index contributed by atoms with van der Waals surface area (Å²) in [5.41, 5.74) is 1.99. The number of carbonyl (C=O) groups is 1. The maximum atomic E-state index is 12.6. The Balaban J connectivity index is 1.55. The van der Waals surface area contributed by atoms with Crippen molar-refractivity contribution in [2.75, 3.05) is 20.1 Å². The van der Waals surface area contributed by atoms with Crippen LogP contribution in [0, 0.1) is 12.8 Å². The van der Waals surface area contributed by atoms with Crippen molar-refractivity contribution in [3.05, 3.63) is 41.4 Å². The molecule has 0 atom stereocenters. The SMILES string of the molecule is Cc1ncc(-c2ccc3cnc(CC(=O)C4CCN(C)CC4)nc3c2)s1. The van der Waals surface area contributed by atoms with E-state index in [0.717, 1.165) is 52.3 Å². The Morgan fingerprint density at radius 1 is 1.23 bits per heavy atom. The van der Waals surface area contributed by atoms with Crippen LogP contribution in [0.15, 0.2) is 30.6 Å². The van der Waals surface area contributed by atoms with Gasteiger partial charge in [0.1, 0.15) is 11.6 Å². The third kappa shape index (κ3) is 3.66. The Morgan fingerprint density at radius 2 is 2.04 bits per heavy atom. The van der Waals surface area contributed by atoms with Gasteiger partial charge >= 0.3 is 0 Å². The fraction of sp³-hybridized carbons (Fsp3) is 0.400. The number of benzene rings is 1. The van der Waals surface area contributed by atoms with Crippen molar-refractivity contribution in [2.45, 2.75) is 26.2 Å². The number of aromatic nitrogens is 3. The molecule has 1 aliphatic heterocycles. The predicted molar refractivity (Wildman–Crippen MR) is 104 cm³/mol. The largest absolute Gasteiger partial charge is 0.306 e. The summed E-state index contributed by atoms with van der Waals surface area (Å²) in [4.78, 5) is 29.4. The number of likely N-dealkylation sites (tertiary alicyclic amines) is 1. The highest BCUT2D eigenvalue weighted by atomic mass is 32.1. The van der Waals surface area contributed by atoms with Gasteiger partial charge in [0, 0.05) is 23.7 Å².